The summed E-state index contributed by atoms with van der Waals surface area (Å²) in [4.78, 5) is 1.90. The molecule has 3 rings (SSSR count). The fraction of sp³-hybridized carbons (Fsp3) is 0.429. The maximum Gasteiger partial charge on any atom is 0.121 e. The van der Waals surface area contributed by atoms with E-state index >= 15 is 0 Å². The minimum Gasteiger partial charge on any atom is -0.508 e. The molecule has 4 nitrogen and oxygen atoms in total. The Bertz CT molecular complexity index is 767. The van der Waals surface area contributed by atoms with E-state index < -0.39 is 18.1 Å². The molecule has 1 saturated carbocycles. The third kappa shape index (κ3) is 2.90. The van der Waals surface area contributed by atoms with E-state index in [1.807, 2.05) is 51.0 Å². The number of nitrogens with zero attached hydrogens (tertiary/aromatic N) is 1. The van der Waals surface area contributed by atoms with Crippen molar-refractivity contribution in [1.29, 1.82) is 0 Å². The molecule has 4 heteroatoms. The van der Waals surface area contributed by atoms with Gasteiger partial charge in [0.2, 0.25) is 0 Å². The summed E-state index contributed by atoms with van der Waals surface area (Å²) in [7, 11) is 3.80. The zero-order valence-electron chi connectivity index (χ0n) is 15.5. The van der Waals surface area contributed by atoms with Gasteiger partial charge in [-0.25, -0.2) is 0 Å². The predicted molar refractivity (Wildman–Crippen MR) is 101 cm³/mol. The first-order valence-corrected chi connectivity index (χ1v) is 8.66. The van der Waals surface area contributed by atoms with Gasteiger partial charge >= 0.3 is 0 Å². The molecule has 134 valence electrons. The van der Waals surface area contributed by atoms with E-state index in [-0.39, 0.29) is 11.7 Å². The molecular formula is C21H27NO3. The van der Waals surface area contributed by atoms with Crippen LogP contribution in [0.2, 0.25) is 0 Å². The van der Waals surface area contributed by atoms with Gasteiger partial charge in [0.05, 0.1) is 12.2 Å². The van der Waals surface area contributed by atoms with Crippen LogP contribution in [0.4, 0.5) is 5.69 Å². The average Bonchev–Trinajstić information content (AvgIpc) is 2.54. The molecule has 1 aliphatic rings. The second kappa shape index (κ2) is 6.36. The molecule has 0 radical (unpaired) electrons. The summed E-state index contributed by atoms with van der Waals surface area (Å²) < 4.78 is 0. The molecule has 0 amide bonds. The van der Waals surface area contributed by atoms with Crippen LogP contribution >= 0.6 is 0 Å². The van der Waals surface area contributed by atoms with Crippen LogP contribution in [0.3, 0.4) is 0 Å². The van der Waals surface area contributed by atoms with Gasteiger partial charge in [-0.05, 0) is 49.1 Å². The van der Waals surface area contributed by atoms with Crippen molar-refractivity contribution in [3.63, 3.8) is 0 Å². The van der Waals surface area contributed by atoms with Gasteiger partial charge in [0.15, 0.2) is 0 Å². The van der Waals surface area contributed by atoms with Gasteiger partial charge in [0, 0.05) is 43.2 Å². The number of benzene rings is 2. The summed E-state index contributed by atoms with van der Waals surface area (Å²) in [5.74, 6) is -0.678. The molecule has 0 aromatic heterocycles. The molecular weight excluding hydrogens is 314 g/mol. The number of aliphatic hydroxyl groups excluding tert-OH is 2. The number of phenols is 1. The normalized spacial score (nSPS) is 25.6. The highest BCUT2D eigenvalue weighted by Gasteiger charge is 2.51. The van der Waals surface area contributed by atoms with E-state index in [1.54, 1.807) is 12.1 Å². The lowest BCUT2D eigenvalue weighted by molar-refractivity contribution is -0.0791. The van der Waals surface area contributed by atoms with Crippen molar-refractivity contribution >= 4 is 5.69 Å². The lowest BCUT2D eigenvalue weighted by Crippen LogP contribution is -2.51. The maximum absolute atomic E-state index is 10.7. The Morgan fingerprint density at radius 1 is 0.840 bits per heavy atom. The SMILES string of the molecule is Cc1cc(C2C(O)C(c3ccc(N(C)C)cc3O)C2O)cc(C)c1C. The molecule has 0 heterocycles. The third-order valence-corrected chi connectivity index (χ3v) is 5.70. The first kappa shape index (κ1) is 17.8. The van der Waals surface area contributed by atoms with Crippen molar-refractivity contribution < 1.29 is 15.3 Å². The third-order valence-electron chi connectivity index (χ3n) is 5.70. The van der Waals surface area contributed by atoms with Gasteiger partial charge in [0.1, 0.15) is 5.75 Å². The smallest absolute Gasteiger partial charge is 0.121 e. The molecule has 2 aromatic carbocycles. The Morgan fingerprint density at radius 3 is 1.88 bits per heavy atom. The summed E-state index contributed by atoms with van der Waals surface area (Å²) in [6, 6.07) is 9.45. The average molecular weight is 341 g/mol. The van der Waals surface area contributed by atoms with Crippen LogP contribution in [0.5, 0.6) is 5.75 Å². The molecule has 2 atom stereocenters. The number of aromatic hydroxyl groups is 1. The number of hydrogen-bond acceptors (Lipinski definition) is 4. The lowest BCUT2D eigenvalue weighted by Gasteiger charge is -2.47. The summed E-state index contributed by atoms with van der Waals surface area (Å²) >= 11 is 0. The molecule has 0 spiro atoms. The van der Waals surface area contributed by atoms with Gasteiger partial charge in [-0.1, -0.05) is 18.2 Å². The Labute approximate surface area is 149 Å². The van der Waals surface area contributed by atoms with Crippen LogP contribution in [-0.2, 0) is 0 Å². The van der Waals surface area contributed by atoms with Crippen molar-refractivity contribution in [1.82, 2.24) is 0 Å². The van der Waals surface area contributed by atoms with Gasteiger partial charge < -0.3 is 20.2 Å². The Hall–Kier alpha value is -2.04. The summed E-state index contributed by atoms with van der Waals surface area (Å²) in [6.45, 7) is 6.17. The lowest BCUT2D eigenvalue weighted by atomic mass is 9.63. The number of anilines is 1. The van der Waals surface area contributed by atoms with Crippen LogP contribution in [0.25, 0.3) is 0 Å². The zero-order chi connectivity index (χ0) is 18.5. The molecule has 1 aliphatic carbocycles. The minimum absolute atomic E-state index is 0.115. The second-order valence-corrected chi connectivity index (χ2v) is 7.45. The summed E-state index contributed by atoms with van der Waals surface area (Å²) in [5, 5.41) is 31.8. The number of aryl methyl sites for hydroxylation is 2. The van der Waals surface area contributed by atoms with E-state index in [0.717, 1.165) is 22.4 Å². The molecule has 0 bridgehead atoms. The van der Waals surface area contributed by atoms with E-state index in [9.17, 15) is 15.3 Å². The Kier molecular flexibility index (Phi) is 4.52. The molecule has 2 aromatic rings. The number of aliphatic hydroxyl groups is 2. The fourth-order valence-electron chi connectivity index (χ4n) is 3.82. The van der Waals surface area contributed by atoms with Crippen molar-refractivity contribution in [3.8, 4) is 5.75 Å². The van der Waals surface area contributed by atoms with Crippen LogP contribution in [0, 0.1) is 20.8 Å². The van der Waals surface area contributed by atoms with Gasteiger partial charge in [-0.2, -0.15) is 0 Å². The van der Waals surface area contributed by atoms with E-state index in [4.69, 9.17) is 0 Å². The van der Waals surface area contributed by atoms with Crippen LogP contribution in [0.15, 0.2) is 30.3 Å². The molecule has 25 heavy (non-hydrogen) atoms. The molecule has 0 saturated heterocycles. The molecule has 3 N–H and O–H groups in total. The predicted octanol–water partition coefficient (Wildman–Crippen LogP) is 2.99. The first-order chi connectivity index (χ1) is 11.7. The Morgan fingerprint density at radius 2 is 1.40 bits per heavy atom. The molecule has 1 fully saturated rings. The highest BCUT2D eigenvalue weighted by atomic mass is 16.3. The summed E-state index contributed by atoms with van der Waals surface area (Å²) in [5.41, 5.74) is 6.00. The highest BCUT2D eigenvalue weighted by molar-refractivity contribution is 5.55. The number of phenolic OH excluding ortho intramolecular Hbond substituents is 1. The largest absolute Gasteiger partial charge is 0.508 e. The van der Waals surface area contributed by atoms with Crippen molar-refractivity contribution in [3.05, 3.63) is 58.1 Å². The van der Waals surface area contributed by atoms with E-state index in [0.29, 0.717) is 5.56 Å². The minimum atomic E-state index is -0.715. The van der Waals surface area contributed by atoms with Crippen molar-refractivity contribution in [2.45, 2.75) is 44.8 Å². The standard InChI is InChI=1S/C21H27NO3/c1-11-8-14(9-12(2)13(11)3)18-20(24)19(21(18)25)16-7-6-15(22(4)5)10-17(16)23/h6-10,18-21,23-25H,1-5H3. The van der Waals surface area contributed by atoms with E-state index in [1.165, 1.54) is 5.56 Å². The summed E-state index contributed by atoms with van der Waals surface area (Å²) in [6.07, 6.45) is -1.43. The Balaban J connectivity index is 1.89. The zero-order valence-corrected chi connectivity index (χ0v) is 15.5. The van der Waals surface area contributed by atoms with Crippen LogP contribution in [-0.4, -0.2) is 41.6 Å². The monoisotopic (exact) mass is 341 g/mol. The fourth-order valence-corrected chi connectivity index (χ4v) is 3.82. The van der Waals surface area contributed by atoms with Crippen molar-refractivity contribution in [2.75, 3.05) is 19.0 Å². The molecule has 0 aliphatic heterocycles. The van der Waals surface area contributed by atoms with Gasteiger partial charge in [-0.3, -0.25) is 0 Å². The number of hydrogen-bond donors (Lipinski definition) is 3. The topological polar surface area (TPSA) is 63.9 Å². The second-order valence-electron chi connectivity index (χ2n) is 7.45. The van der Waals surface area contributed by atoms with Gasteiger partial charge in [0.25, 0.3) is 0 Å². The van der Waals surface area contributed by atoms with Crippen molar-refractivity contribution in [2.24, 2.45) is 0 Å². The first-order valence-electron chi connectivity index (χ1n) is 8.66. The quantitative estimate of drug-likeness (QED) is 0.803. The van der Waals surface area contributed by atoms with Crippen LogP contribution in [0.1, 0.15) is 39.7 Å². The highest BCUT2D eigenvalue weighted by Crippen LogP contribution is 2.50. The van der Waals surface area contributed by atoms with Crippen LogP contribution < -0.4 is 4.90 Å². The van der Waals surface area contributed by atoms with E-state index in [2.05, 4.69) is 6.92 Å². The maximum atomic E-state index is 10.7. The number of rotatable bonds is 3. The molecule has 2 unspecified atom stereocenters. The van der Waals surface area contributed by atoms with Gasteiger partial charge in [-0.15, -0.1) is 0 Å².